The van der Waals surface area contributed by atoms with Crippen LogP contribution >= 0.6 is 11.6 Å². The van der Waals surface area contributed by atoms with Crippen molar-refractivity contribution in [3.8, 4) is 23.4 Å². The summed E-state index contributed by atoms with van der Waals surface area (Å²) in [7, 11) is 0. The van der Waals surface area contributed by atoms with Crippen molar-refractivity contribution in [3.63, 3.8) is 0 Å². The fraction of sp³-hybridized carbons (Fsp3) is 0.0588. The van der Waals surface area contributed by atoms with Gasteiger partial charge in [0.2, 0.25) is 0 Å². The molecule has 3 aromatic rings. The molecule has 2 aromatic heterocycles. The van der Waals surface area contributed by atoms with Gasteiger partial charge in [0.25, 0.3) is 5.56 Å². The van der Waals surface area contributed by atoms with E-state index in [1.165, 1.54) is 12.1 Å². The molecule has 0 aliphatic heterocycles. The van der Waals surface area contributed by atoms with Crippen molar-refractivity contribution in [2.24, 2.45) is 0 Å². The summed E-state index contributed by atoms with van der Waals surface area (Å²) in [6, 6.07) is 6.95. The number of benzene rings is 1. The van der Waals surface area contributed by atoms with Gasteiger partial charge in [-0.2, -0.15) is 28.2 Å². The summed E-state index contributed by atoms with van der Waals surface area (Å²) in [6.07, 6.45) is -3.04. The lowest BCUT2D eigenvalue weighted by molar-refractivity contribution is -0.137. The number of nitriles is 1. The molecule has 2 heterocycles. The number of pyridine rings is 1. The SMILES string of the molecule is N#Cc1c(F)cccc1Oc1cnn(-c2ccc(C(F)(F)F)cn2)c(=O)c1Cl. The van der Waals surface area contributed by atoms with Crippen LogP contribution in [-0.4, -0.2) is 14.8 Å². The van der Waals surface area contributed by atoms with E-state index >= 15 is 0 Å². The number of hydrogen-bond donors (Lipinski definition) is 0. The Labute approximate surface area is 159 Å². The molecule has 3 rings (SSSR count). The predicted molar refractivity (Wildman–Crippen MR) is 88.8 cm³/mol. The summed E-state index contributed by atoms with van der Waals surface area (Å²) in [6.45, 7) is 0. The highest BCUT2D eigenvalue weighted by Gasteiger charge is 2.30. The quantitative estimate of drug-likeness (QED) is 0.607. The molecule has 1 aromatic carbocycles. The fourth-order valence-electron chi connectivity index (χ4n) is 2.15. The summed E-state index contributed by atoms with van der Waals surface area (Å²) in [5, 5.41) is 12.3. The Balaban J connectivity index is 1.98. The van der Waals surface area contributed by atoms with Crippen LogP contribution in [0.4, 0.5) is 17.6 Å². The minimum atomic E-state index is -4.58. The van der Waals surface area contributed by atoms with Gasteiger partial charge in [0.15, 0.2) is 16.6 Å². The third-order valence-electron chi connectivity index (χ3n) is 3.49. The molecule has 0 atom stereocenters. The second kappa shape index (κ2) is 7.28. The first-order valence-electron chi connectivity index (χ1n) is 7.40. The molecule has 0 radical (unpaired) electrons. The number of rotatable bonds is 3. The Bertz CT molecular complexity index is 1140. The van der Waals surface area contributed by atoms with Crippen molar-refractivity contribution in [1.29, 1.82) is 5.26 Å². The molecule has 142 valence electrons. The highest BCUT2D eigenvalue weighted by Crippen LogP contribution is 2.30. The van der Waals surface area contributed by atoms with Crippen LogP contribution in [-0.2, 0) is 6.18 Å². The molecular formula is C17H7ClF4N4O2. The first-order valence-corrected chi connectivity index (χ1v) is 7.78. The van der Waals surface area contributed by atoms with E-state index in [2.05, 4.69) is 10.1 Å². The van der Waals surface area contributed by atoms with Crippen LogP contribution < -0.4 is 10.3 Å². The molecule has 11 heteroatoms. The van der Waals surface area contributed by atoms with Crippen molar-refractivity contribution in [2.75, 3.05) is 0 Å². The molecule has 0 aliphatic rings. The smallest absolute Gasteiger partial charge is 0.417 e. The molecule has 0 saturated heterocycles. The van der Waals surface area contributed by atoms with Gasteiger partial charge in [-0.05, 0) is 24.3 Å². The molecule has 0 bridgehead atoms. The molecule has 0 saturated carbocycles. The molecule has 0 amide bonds. The van der Waals surface area contributed by atoms with E-state index in [1.807, 2.05) is 0 Å². The lowest BCUT2D eigenvalue weighted by atomic mass is 10.2. The monoisotopic (exact) mass is 410 g/mol. The normalized spacial score (nSPS) is 11.1. The number of aromatic nitrogens is 3. The second-order valence-electron chi connectivity index (χ2n) is 5.27. The minimum Gasteiger partial charge on any atom is -0.452 e. The summed E-state index contributed by atoms with van der Waals surface area (Å²) in [5.74, 6) is -1.48. The zero-order valence-corrected chi connectivity index (χ0v) is 14.3. The third-order valence-corrected chi connectivity index (χ3v) is 3.83. The van der Waals surface area contributed by atoms with Crippen LogP contribution in [0.2, 0.25) is 5.02 Å². The molecule has 0 unspecified atom stereocenters. The van der Waals surface area contributed by atoms with Gasteiger partial charge in [-0.25, -0.2) is 9.37 Å². The molecule has 0 aliphatic carbocycles. The molecule has 0 N–H and O–H groups in total. The van der Waals surface area contributed by atoms with Gasteiger partial charge < -0.3 is 4.74 Å². The average molecular weight is 411 g/mol. The summed E-state index contributed by atoms with van der Waals surface area (Å²) >= 11 is 5.95. The molecular weight excluding hydrogens is 404 g/mol. The molecule has 0 fully saturated rings. The van der Waals surface area contributed by atoms with Crippen LogP contribution in [0.5, 0.6) is 11.5 Å². The largest absolute Gasteiger partial charge is 0.452 e. The highest BCUT2D eigenvalue weighted by molar-refractivity contribution is 6.31. The van der Waals surface area contributed by atoms with E-state index in [9.17, 15) is 22.4 Å². The lowest BCUT2D eigenvalue weighted by Crippen LogP contribution is -2.23. The van der Waals surface area contributed by atoms with Gasteiger partial charge in [0, 0.05) is 6.20 Å². The van der Waals surface area contributed by atoms with Crippen LogP contribution in [0.1, 0.15) is 11.1 Å². The van der Waals surface area contributed by atoms with Crippen molar-refractivity contribution in [2.45, 2.75) is 6.18 Å². The van der Waals surface area contributed by atoms with E-state index < -0.39 is 33.7 Å². The van der Waals surface area contributed by atoms with Gasteiger partial charge in [0.05, 0.1) is 11.8 Å². The zero-order valence-electron chi connectivity index (χ0n) is 13.5. The Morgan fingerprint density at radius 2 is 1.89 bits per heavy atom. The summed E-state index contributed by atoms with van der Waals surface area (Å²) in [5.41, 5.74) is -2.32. The van der Waals surface area contributed by atoms with E-state index in [0.717, 1.165) is 24.4 Å². The maximum absolute atomic E-state index is 13.6. The Morgan fingerprint density at radius 1 is 1.14 bits per heavy atom. The van der Waals surface area contributed by atoms with Crippen LogP contribution in [0.25, 0.3) is 5.82 Å². The number of alkyl halides is 3. The van der Waals surface area contributed by atoms with E-state index in [-0.39, 0.29) is 17.3 Å². The summed E-state index contributed by atoms with van der Waals surface area (Å²) < 4.78 is 57.4. The minimum absolute atomic E-state index is 0.184. The van der Waals surface area contributed by atoms with E-state index in [0.29, 0.717) is 10.9 Å². The van der Waals surface area contributed by atoms with Crippen molar-refractivity contribution >= 4 is 11.6 Å². The van der Waals surface area contributed by atoms with Crippen molar-refractivity contribution in [1.82, 2.24) is 14.8 Å². The summed E-state index contributed by atoms with van der Waals surface area (Å²) in [4.78, 5) is 15.9. The molecule has 28 heavy (non-hydrogen) atoms. The maximum atomic E-state index is 13.6. The average Bonchev–Trinajstić information content (AvgIpc) is 2.65. The first kappa shape index (κ1) is 19.3. The number of nitrogens with zero attached hydrogens (tertiary/aromatic N) is 4. The van der Waals surface area contributed by atoms with E-state index in [4.69, 9.17) is 21.6 Å². The highest BCUT2D eigenvalue weighted by atomic mass is 35.5. The lowest BCUT2D eigenvalue weighted by Gasteiger charge is -2.11. The predicted octanol–water partition coefficient (Wildman–Crippen LogP) is 4.10. The van der Waals surface area contributed by atoms with Crippen molar-refractivity contribution < 1.29 is 22.3 Å². The maximum Gasteiger partial charge on any atom is 0.417 e. The Kier molecular flexibility index (Phi) is 5.02. The van der Waals surface area contributed by atoms with Crippen LogP contribution in [0.3, 0.4) is 0 Å². The van der Waals surface area contributed by atoms with Crippen molar-refractivity contribution in [3.05, 3.63) is 75.0 Å². The van der Waals surface area contributed by atoms with Gasteiger partial charge in [-0.15, -0.1) is 0 Å². The first-order chi connectivity index (χ1) is 13.2. The second-order valence-corrected chi connectivity index (χ2v) is 5.65. The fourth-order valence-corrected chi connectivity index (χ4v) is 2.31. The van der Waals surface area contributed by atoms with Crippen LogP contribution in [0.15, 0.2) is 47.5 Å². The van der Waals surface area contributed by atoms with Crippen LogP contribution in [0, 0.1) is 17.1 Å². The number of halogens is 5. The Hall–Kier alpha value is -3.45. The number of hydrogen-bond acceptors (Lipinski definition) is 5. The topological polar surface area (TPSA) is 80.8 Å². The van der Waals surface area contributed by atoms with Gasteiger partial charge >= 0.3 is 6.18 Å². The zero-order chi connectivity index (χ0) is 20.5. The van der Waals surface area contributed by atoms with E-state index in [1.54, 1.807) is 6.07 Å². The molecule has 6 nitrogen and oxygen atoms in total. The van der Waals surface area contributed by atoms with Gasteiger partial charge in [0.1, 0.15) is 23.2 Å². The van der Waals surface area contributed by atoms with Gasteiger partial charge in [-0.1, -0.05) is 17.7 Å². The van der Waals surface area contributed by atoms with Gasteiger partial charge in [-0.3, -0.25) is 4.79 Å². The standard InChI is InChI=1S/C17H7ClF4N4O2/c18-15-13(28-12-3-1-2-11(19)10(12)6-23)8-25-26(16(15)27)14-5-4-9(7-24-14)17(20,21)22/h1-5,7-8H. The Morgan fingerprint density at radius 3 is 2.50 bits per heavy atom. The molecule has 0 spiro atoms. The number of ether oxygens (including phenoxy) is 1. The third kappa shape index (κ3) is 3.65.